The lowest BCUT2D eigenvalue weighted by Gasteiger charge is -2.09. The van der Waals surface area contributed by atoms with Gasteiger partial charge in [-0.1, -0.05) is 12.1 Å². The molecule has 2 aromatic heterocycles. The van der Waals surface area contributed by atoms with Crippen molar-refractivity contribution in [3.63, 3.8) is 0 Å². The monoisotopic (exact) mass is 372 g/mol. The molecule has 0 saturated heterocycles. The molecule has 0 spiro atoms. The Balaban J connectivity index is 1.80. The third kappa shape index (κ3) is 3.30. The van der Waals surface area contributed by atoms with Crippen molar-refractivity contribution in [3.8, 4) is 11.4 Å². The van der Waals surface area contributed by atoms with Crippen molar-refractivity contribution in [2.75, 3.05) is 21.1 Å². The van der Waals surface area contributed by atoms with Gasteiger partial charge in [0.25, 0.3) is 0 Å². The van der Waals surface area contributed by atoms with Crippen molar-refractivity contribution in [1.82, 2.24) is 25.4 Å². The molecule has 0 fully saturated rings. The summed E-state index contributed by atoms with van der Waals surface area (Å²) in [7, 11) is 5.98. The lowest BCUT2D eigenvalue weighted by atomic mass is 10.0. The highest BCUT2D eigenvalue weighted by Crippen LogP contribution is 2.30. The van der Waals surface area contributed by atoms with Crippen LogP contribution in [-0.4, -0.2) is 47.4 Å². The third-order valence-corrected chi connectivity index (χ3v) is 4.79. The van der Waals surface area contributed by atoms with Crippen LogP contribution in [0.5, 0.6) is 0 Å². The van der Waals surface area contributed by atoms with E-state index in [9.17, 15) is 0 Å². The molecule has 28 heavy (non-hydrogen) atoms. The third-order valence-electron chi connectivity index (χ3n) is 4.79. The number of nitrogens with zero attached hydrogens (tertiary/aromatic N) is 2. The Morgan fingerprint density at radius 2 is 1.96 bits per heavy atom. The number of nitrogens with one attached hydrogen (secondary N) is 4. The summed E-state index contributed by atoms with van der Waals surface area (Å²) in [5.41, 5.74) is 7.01. The first-order valence-electron chi connectivity index (χ1n) is 9.22. The molecular weight excluding hydrogens is 348 g/mol. The Kier molecular flexibility index (Phi) is 4.71. The maximum absolute atomic E-state index is 7.66. The standard InChI is InChI=1S/C22H24N6/c1-24-12-17(11-23)15-5-7-20-18(9-15)22(27-26-20)21-10-16-8-14(13-28(2)3)4-6-19(16)25-21/h4-12,23-25H,13H2,1-3H3,(H,26,27)/b17-12+,23-11?. The summed E-state index contributed by atoms with van der Waals surface area (Å²) in [6, 6.07) is 14.7. The van der Waals surface area contributed by atoms with Crippen LogP contribution in [0.4, 0.5) is 0 Å². The smallest absolute Gasteiger partial charge is 0.116 e. The zero-order valence-corrected chi connectivity index (χ0v) is 16.3. The normalized spacial score (nSPS) is 12.2. The van der Waals surface area contributed by atoms with Gasteiger partial charge in [-0.25, -0.2) is 0 Å². The van der Waals surface area contributed by atoms with Crippen LogP contribution < -0.4 is 5.32 Å². The fourth-order valence-corrected chi connectivity index (χ4v) is 3.54. The minimum atomic E-state index is 0.821. The van der Waals surface area contributed by atoms with E-state index in [4.69, 9.17) is 5.41 Å². The fourth-order valence-electron chi connectivity index (χ4n) is 3.54. The summed E-state index contributed by atoms with van der Waals surface area (Å²) in [6.45, 7) is 0.912. The van der Waals surface area contributed by atoms with E-state index in [1.807, 2.05) is 25.4 Å². The minimum Gasteiger partial charge on any atom is -0.393 e. The van der Waals surface area contributed by atoms with Crippen LogP contribution in [0.2, 0.25) is 0 Å². The summed E-state index contributed by atoms with van der Waals surface area (Å²) >= 11 is 0. The van der Waals surface area contributed by atoms with Gasteiger partial charge >= 0.3 is 0 Å². The lowest BCUT2D eigenvalue weighted by Crippen LogP contribution is -2.10. The maximum Gasteiger partial charge on any atom is 0.116 e. The molecule has 0 aliphatic heterocycles. The Labute approximate surface area is 163 Å². The predicted molar refractivity (Wildman–Crippen MR) is 117 cm³/mol. The first-order valence-corrected chi connectivity index (χ1v) is 9.22. The topological polar surface area (TPSA) is 83.6 Å². The van der Waals surface area contributed by atoms with Crippen LogP contribution >= 0.6 is 0 Å². The highest BCUT2D eigenvalue weighted by molar-refractivity contribution is 6.10. The number of rotatable bonds is 6. The average molecular weight is 372 g/mol. The molecule has 0 unspecified atom stereocenters. The van der Waals surface area contributed by atoms with Gasteiger partial charge in [0.1, 0.15) is 5.69 Å². The molecule has 0 saturated carbocycles. The highest BCUT2D eigenvalue weighted by Gasteiger charge is 2.13. The second-order valence-corrected chi connectivity index (χ2v) is 7.21. The number of fused-ring (bicyclic) bond motifs is 2. The summed E-state index contributed by atoms with van der Waals surface area (Å²) in [6.07, 6.45) is 3.18. The van der Waals surface area contributed by atoms with E-state index in [2.05, 4.69) is 69.8 Å². The van der Waals surface area contributed by atoms with Crippen molar-refractivity contribution < 1.29 is 0 Å². The van der Waals surface area contributed by atoms with E-state index in [0.717, 1.165) is 45.5 Å². The van der Waals surface area contributed by atoms with Gasteiger partial charge in [-0.05, 0) is 55.6 Å². The number of aromatic nitrogens is 3. The first-order chi connectivity index (χ1) is 13.6. The van der Waals surface area contributed by atoms with E-state index < -0.39 is 0 Å². The van der Waals surface area contributed by atoms with Crippen molar-refractivity contribution in [3.05, 3.63) is 59.8 Å². The van der Waals surface area contributed by atoms with Crippen LogP contribution in [-0.2, 0) is 6.54 Å². The molecular formula is C22H24N6. The zero-order valence-electron chi connectivity index (χ0n) is 16.3. The number of hydrogen-bond donors (Lipinski definition) is 4. The molecule has 0 aliphatic rings. The molecule has 2 heterocycles. The Morgan fingerprint density at radius 3 is 2.71 bits per heavy atom. The van der Waals surface area contributed by atoms with Gasteiger partial charge in [0.15, 0.2) is 0 Å². The molecule has 142 valence electrons. The number of aromatic amines is 2. The molecule has 4 aromatic rings. The van der Waals surface area contributed by atoms with Crippen LogP contribution in [0.3, 0.4) is 0 Å². The van der Waals surface area contributed by atoms with E-state index in [1.54, 1.807) is 0 Å². The summed E-state index contributed by atoms with van der Waals surface area (Å²) in [4.78, 5) is 5.65. The highest BCUT2D eigenvalue weighted by atomic mass is 15.1. The Hall–Kier alpha value is -3.38. The second-order valence-electron chi connectivity index (χ2n) is 7.21. The molecule has 0 amide bonds. The van der Waals surface area contributed by atoms with Gasteiger partial charge in [-0.3, -0.25) is 5.10 Å². The maximum atomic E-state index is 7.66. The van der Waals surface area contributed by atoms with Crippen molar-refractivity contribution in [2.24, 2.45) is 0 Å². The minimum absolute atomic E-state index is 0.821. The second kappa shape index (κ2) is 7.32. The number of benzene rings is 2. The molecule has 6 heteroatoms. The average Bonchev–Trinajstić information content (AvgIpc) is 3.28. The van der Waals surface area contributed by atoms with Gasteiger partial charge in [0.2, 0.25) is 0 Å². The van der Waals surface area contributed by atoms with Crippen LogP contribution in [0.15, 0.2) is 48.7 Å². The molecule has 0 aliphatic carbocycles. The SMILES string of the molecule is CN/C=C(\C=N)c1ccc2[nH]nc(-c3cc4cc(CN(C)C)ccc4[nH]3)c2c1. The van der Waals surface area contributed by atoms with Crippen molar-refractivity contribution >= 4 is 33.6 Å². The van der Waals surface area contributed by atoms with E-state index >= 15 is 0 Å². The number of allylic oxidation sites excluding steroid dienone is 1. The van der Waals surface area contributed by atoms with Gasteiger partial charge in [-0.2, -0.15) is 5.10 Å². The van der Waals surface area contributed by atoms with Crippen LogP contribution in [0, 0.1) is 5.41 Å². The molecule has 4 N–H and O–H groups in total. The molecule has 6 nitrogen and oxygen atoms in total. The van der Waals surface area contributed by atoms with E-state index in [0.29, 0.717) is 0 Å². The largest absolute Gasteiger partial charge is 0.393 e. The molecule has 0 atom stereocenters. The molecule has 0 radical (unpaired) electrons. The predicted octanol–water partition coefficient (Wildman–Crippen LogP) is 3.98. The van der Waals surface area contributed by atoms with Crippen molar-refractivity contribution in [2.45, 2.75) is 6.54 Å². The first kappa shape index (κ1) is 18.0. The van der Waals surface area contributed by atoms with Crippen molar-refractivity contribution in [1.29, 1.82) is 5.41 Å². The summed E-state index contributed by atoms with van der Waals surface area (Å²) < 4.78 is 0. The quantitative estimate of drug-likeness (QED) is 0.386. The van der Waals surface area contributed by atoms with E-state index in [-0.39, 0.29) is 0 Å². The number of H-pyrrole nitrogens is 2. The summed E-state index contributed by atoms with van der Waals surface area (Å²) in [5, 5.41) is 20.5. The zero-order chi connectivity index (χ0) is 19.7. The molecule has 0 bridgehead atoms. The van der Waals surface area contributed by atoms with Gasteiger partial charge in [0, 0.05) is 47.9 Å². The van der Waals surface area contributed by atoms with Crippen LogP contribution in [0.25, 0.3) is 38.8 Å². The number of hydrogen-bond acceptors (Lipinski definition) is 4. The van der Waals surface area contributed by atoms with E-state index in [1.165, 1.54) is 17.2 Å². The van der Waals surface area contributed by atoms with Crippen LogP contribution in [0.1, 0.15) is 11.1 Å². The Morgan fingerprint density at radius 1 is 1.14 bits per heavy atom. The summed E-state index contributed by atoms with van der Waals surface area (Å²) in [5.74, 6) is 0. The van der Waals surface area contributed by atoms with Gasteiger partial charge < -0.3 is 20.6 Å². The van der Waals surface area contributed by atoms with Gasteiger partial charge in [0.05, 0.1) is 11.2 Å². The lowest BCUT2D eigenvalue weighted by molar-refractivity contribution is 0.403. The fraction of sp³-hybridized carbons (Fsp3) is 0.182. The Bertz CT molecular complexity index is 1180. The molecule has 4 rings (SSSR count). The molecule has 2 aromatic carbocycles. The van der Waals surface area contributed by atoms with Gasteiger partial charge in [-0.15, -0.1) is 0 Å².